The molecule has 0 aliphatic heterocycles. The predicted molar refractivity (Wildman–Crippen MR) is 58.4 cm³/mol. The molecule has 0 amide bonds. The summed E-state index contributed by atoms with van der Waals surface area (Å²) in [5, 5.41) is 9.47. The van der Waals surface area contributed by atoms with Crippen molar-refractivity contribution < 1.29 is 14.6 Å². The van der Waals surface area contributed by atoms with Crippen molar-refractivity contribution in [2.24, 2.45) is 0 Å². The third-order valence-corrected chi connectivity index (χ3v) is 2.17. The van der Waals surface area contributed by atoms with Crippen LogP contribution < -0.4 is 4.74 Å². The van der Waals surface area contributed by atoms with E-state index in [1.54, 1.807) is 24.3 Å². The second kappa shape index (κ2) is 5.61. The van der Waals surface area contributed by atoms with E-state index >= 15 is 0 Å². The number of carbonyl (C=O) groups is 1. The molecular weight excluding hydrogens is 216 g/mol. The van der Waals surface area contributed by atoms with Gasteiger partial charge in [0, 0.05) is 5.02 Å². The monoisotopic (exact) mass is 228 g/mol. The molecule has 0 radical (unpaired) electrons. The van der Waals surface area contributed by atoms with Crippen molar-refractivity contribution >= 4 is 17.6 Å². The Hall–Kier alpha value is -1.22. The molecular formula is C11H13ClO3. The van der Waals surface area contributed by atoms with Crippen molar-refractivity contribution in [3.63, 3.8) is 0 Å². The smallest absolute Gasteiger partial charge is 0.344 e. The molecule has 0 saturated heterocycles. The second-order valence-electron chi connectivity index (χ2n) is 3.19. The van der Waals surface area contributed by atoms with Crippen LogP contribution >= 0.6 is 11.6 Å². The number of halogens is 1. The third-order valence-electron chi connectivity index (χ3n) is 1.92. The molecule has 0 unspecified atom stereocenters. The van der Waals surface area contributed by atoms with Crippen molar-refractivity contribution in [1.29, 1.82) is 0 Å². The number of rotatable bonds is 5. The molecule has 4 heteroatoms. The van der Waals surface area contributed by atoms with Gasteiger partial charge in [-0.15, -0.1) is 0 Å². The molecule has 82 valence electrons. The van der Waals surface area contributed by atoms with Crippen LogP contribution in [0.2, 0.25) is 5.02 Å². The fraction of sp³-hybridized carbons (Fsp3) is 0.364. The summed E-state index contributed by atoms with van der Waals surface area (Å²) in [6.07, 6.45) is 0.485. The second-order valence-corrected chi connectivity index (χ2v) is 3.62. The van der Waals surface area contributed by atoms with Crippen LogP contribution in [0.5, 0.6) is 5.75 Å². The van der Waals surface area contributed by atoms with E-state index in [-0.39, 0.29) is 0 Å². The molecule has 1 rings (SSSR count). The average molecular weight is 229 g/mol. The number of benzene rings is 1. The van der Waals surface area contributed by atoms with Crippen LogP contribution in [0.25, 0.3) is 0 Å². The highest BCUT2D eigenvalue weighted by molar-refractivity contribution is 6.30. The van der Waals surface area contributed by atoms with Gasteiger partial charge in [-0.2, -0.15) is 0 Å². The van der Waals surface area contributed by atoms with E-state index in [0.717, 1.165) is 6.42 Å². The van der Waals surface area contributed by atoms with Gasteiger partial charge >= 0.3 is 5.97 Å². The SMILES string of the molecule is CCC[C@@H](Oc1ccc(Cl)cc1)C(=O)O. The van der Waals surface area contributed by atoms with Gasteiger partial charge in [-0.05, 0) is 30.7 Å². The van der Waals surface area contributed by atoms with E-state index in [2.05, 4.69) is 0 Å². The Bertz CT molecular complexity index is 321. The summed E-state index contributed by atoms with van der Waals surface area (Å²) in [5.74, 6) is -0.410. The molecule has 0 spiro atoms. The van der Waals surface area contributed by atoms with Crippen LogP contribution in [0.15, 0.2) is 24.3 Å². The van der Waals surface area contributed by atoms with Gasteiger partial charge < -0.3 is 9.84 Å². The first-order valence-electron chi connectivity index (χ1n) is 4.78. The van der Waals surface area contributed by atoms with Crippen molar-refractivity contribution in [1.82, 2.24) is 0 Å². The lowest BCUT2D eigenvalue weighted by molar-refractivity contribution is -0.145. The van der Waals surface area contributed by atoms with E-state index in [4.69, 9.17) is 21.4 Å². The number of hydrogen-bond acceptors (Lipinski definition) is 2. The van der Waals surface area contributed by atoms with Crippen molar-refractivity contribution in [2.75, 3.05) is 0 Å². The topological polar surface area (TPSA) is 46.5 Å². The highest BCUT2D eigenvalue weighted by Crippen LogP contribution is 2.18. The van der Waals surface area contributed by atoms with Crippen LogP contribution in [0.3, 0.4) is 0 Å². The molecule has 15 heavy (non-hydrogen) atoms. The number of carboxylic acids is 1. The van der Waals surface area contributed by atoms with Gasteiger partial charge in [0.05, 0.1) is 0 Å². The maximum Gasteiger partial charge on any atom is 0.344 e. The molecule has 0 fully saturated rings. The van der Waals surface area contributed by atoms with Gasteiger partial charge in [0.15, 0.2) is 6.10 Å². The van der Waals surface area contributed by atoms with Gasteiger partial charge in [0.1, 0.15) is 5.75 Å². The van der Waals surface area contributed by atoms with Crippen LogP contribution in [-0.4, -0.2) is 17.2 Å². The first-order chi connectivity index (χ1) is 7.13. The molecule has 0 heterocycles. The van der Waals surface area contributed by atoms with Gasteiger partial charge in [-0.3, -0.25) is 0 Å². The van der Waals surface area contributed by atoms with Gasteiger partial charge in [-0.1, -0.05) is 24.9 Å². The molecule has 1 aromatic carbocycles. The van der Waals surface area contributed by atoms with Gasteiger partial charge in [0.2, 0.25) is 0 Å². The molecule has 1 aromatic rings. The predicted octanol–water partition coefficient (Wildman–Crippen LogP) is 2.97. The molecule has 0 saturated carbocycles. The van der Waals surface area contributed by atoms with Crippen LogP contribution in [0, 0.1) is 0 Å². The minimum Gasteiger partial charge on any atom is -0.479 e. The highest BCUT2D eigenvalue weighted by atomic mass is 35.5. The Morgan fingerprint density at radius 3 is 2.53 bits per heavy atom. The summed E-state index contributed by atoms with van der Waals surface area (Å²) in [6, 6.07) is 6.66. The maximum atomic E-state index is 10.8. The quantitative estimate of drug-likeness (QED) is 0.843. The van der Waals surface area contributed by atoms with E-state index in [1.165, 1.54) is 0 Å². The van der Waals surface area contributed by atoms with Crippen molar-refractivity contribution in [3.8, 4) is 5.75 Å². The molecule has 0 aliphatic carbocycles. The molecule has 3 nitrogen and oxygen atoms in total. The van der Waals surface area contributed by atoms with Crippen molar-refractivity contribution in [3.05, 3.63) is 29.3 Å². The molecule has 1 atom stereocenters. The summed E-state index contributed by atoms with van der Waals surface area (Å²) in [4.78, 5) is 10.8. The first-order valence-corrected chi connectivity index (χ1v) is 5.16. The molecule has 1 N–H and O–H groups in total. The van der Waals surface area contributed by atoms with Crippen LogP contribution in [0.4, 0.5) is 0 Å². The Labute approximate surface area is 93.6 Å². The number of ether oxygens (including phenoxy) is 1. The Morgan fingerprint density at radius 1 is 1.47 bits per heavy atom. The van der Waals surface area contributed by atoms with Gasteiger partial charge in [-0.25, -0.2) is 4.79 Å². The molecule has 0 bridgehead atoms. The number of carboxylic acid groups (broad SMARTS) is 1. The maximum absolute atomic E-state index is 10.8. The van der Waals surface area contributed by atoms with Gasteiger partial charge in [0.25, 0.3) is 0 Å². The van der Waals surface area contributed by atoms with E-state index in [9.17, 15) is 4.79 Å². The molecule has 0 aromatic heterocycles. The zero-order chi connectivity index (χ0) is 11.3. The number of hydrogen-bond donors (Lipinski definition) is 1. The largest absolute Gasteiger partial charge is 0.479 e. The highest BCUT2D eigenvalue weighted by Gasteiger charge is 2.17. The normalized spacial score (nSPS) is 12.1. The first kappa shape index (κ1) is 11.9. The fourth-order valence-corrected chi connectivity index (χ4v) is 1.30. The fourth-order valence-electron chi connectivity index (χ4n) is 1.17. The van der Waals surface area contributed by atoms with Crippen molar-refractivity contribution in [2.45, 2.75) is 25.9 Å². The summed E-state index contributed by atoms with van der Waals surface area (Å²) >= 11 is 5.70. The minimum atomic E-state index is -0.938. The zero-order valence-corrected chi connectivity index (χ0v) is 9.20. The van der Waals surface area contributed by atoms with Crippen LogP contribution in [0.1, 0.15) is 19.8 Å². The Kier molecular flexibility index (Phi) is 4.43. The Balaban J connectivity index is 2.65. The summed E-state index contributed by atoms with van der Waals surface area (Å²) in [7, 11) is 0. The summed E-state index contributed by atoms with van der Waals surface area (Å²) < 4.78 is 5.31. The summed E-state index contributed by atoms with van der Waals surface area (Å²) in [6.45, 7) is 1.92. The lowest BCUT2D eigenvalue weighted by Crippen LogP contribution is -2.26. The van der Waals surface area contributed by atoms with E-state index in [0.29, 0.717) is 17.2 Å². The summed E-state index contributed by atoms with van der Waals surface area (Å²) in [5.41, 5.74) is 0. The van der Waals surface area contributed by atoms with E-state index < -0.39 is 12.1 Å². The lowest BCUT2D eigenvalue weighted by Gasteiger charge is -2.13. The third kappa shape index (κ3) is 3.80. The minimum absolute atomic E-state index is 0.498. The lowest BCUT2D eigenvalue weighted by atomic mass is 10.2. The standard InChI is InChI=1S/C11H13ClO3/c1-2-3-10(11(13)14)15-9-6-4-8(12)5-7-9/h4-7,10H,2-3H2,1H3,(H,13,14)/t10-/m1/s1. The number of aliphatic carboxylic acids is 1. The van der Waals surface area contributed by atoms with E-state index in [1.807, 2.05) is 6.92 Å². The zero-order valence-electron chi connectivity index (χ0n) is 8.44. The molecule has 0 aliphatic rings. The Morgan fingerprint density at radius 2 is 2.07 bits per heavy atom. The van der Waals surface area contributed by atoms with Crippen LogP contribution in [-0.2, 0) is 4.79 Å². The average Bonchev–Trinajstić information content (AvgIpc) is 2.20.